The number of piperidine rings is 1. The first-order valence-corrected chi connectivity index (χ1v) is 10.2. The molecule has 160 valence electrons. The van der Waals surface area contributed by atoms with Gasteiger partial charge in [0.25, 0.3) is 0 Å². The van der Waals surface area contributed by atoms with Crippen molar-refractivity contribution in [1.82, 2.24) is 15.2 Å². The maximum absolute atomic E-state index is 12.3. The van der Waals surface area contributed by atoms with Crippen molar-refractivity contribution in [2.24, 2.45) is 0 Å². The Hall–Kier alpha value is -3.52. The molecular formula is C22H21ClN4O4. The number of amides is 4. The van der Waals surface area contributed by atoms with Gasteiger partial charge in [0, 0.05) is 40.6 Å². The number of nitrogens with zero attached hydrogens (tertiary/aromatic N) is 1. The molecule has 3 aromatic rings. The summed E-state index contributed by atoms with van der Waals surface area (Å²) in [4.78, 5) is 35.8. The first-order chi connectivity index (χ1) is 14.8. The Labute approximate surface area is 183 Å². The molecule has 4 rings (SSSR count). The number of urea groups is 1. The highest BCUT2D eigenvalue weighted by atomic mass is 35.5. The number of hydrogen-bond donors (Lipinski definition) is 4. The molecule has 0 aliphatic carbocycles. The summed E-state index contributed by atoms with van der Waals surface area (Å²) in [6.07, 6.45) is 2.24. The van der Waals surface area contributed by atoms with Crippen molar-refractivity contribution in [3.63, 3.8) is 0 Å². The highest BCUT2D eigenvalue weighted by Gasteiger charge is 2.30. The molecule has 0 bridgehead atoms. The van der Waals surface area contributed by atoms with Gasteiger partial charge in [0.15, 0.2) is 5.88 Å². The largest absolute Gasteiger partial charge is 0.494 e. The summed E-state index contributed by atoms with van der Waals surface area (Å²) in [5.41, 5.74) is 2.35. The second kappa shape index (κ2) is 8.31. The van der Waals surface area contributed by atoms with E-state index >= 15 is 0 Å². The van der Waals surface area contributed by atoms with E-state index in [4.69, 9.17) is 11.6 Å². The van der Waals surface area contributed by atoms with E-state index in [1.807, 2.05) is 19.1 Å². The van der Waals surface area contributed by atoms with Crippen molar-refractivity contribution in [2.45, 2.75) is 32.4 Å². The number of halogens is 1. The van der Waals surface area contributed by atoms with Crippen LogP contribution in [0.4, 0.5) is 10.5 Å². The summed E-state index contributed by atoms with van der Waals surface area (Å²) in [6.45, 7) is 2.14. The number of fused-ring (bicyclic) bond motifs is 1. The van der Waals surface area contributed by atoms with Crippen molar-refractivity contribution in [3.8, 4) is 5.88 Å². The SMILES string of the molecule is Cc1ccc(Cl)cc1NC(=O)NCc1ccc2c(O)n(C3CCC(=O)NC3=O)cc2c1. The van der Waals surface area contributed by atoms with E-state index in [0.29, 0.717) is 22.5 Å². The highest BCUT2D eigenvalue weighted by Crippen LogP contribution is 2.33. The molecule has 1 atom stereocenters. The van der Waals surface area contributed by atoms with Gasteiger partial charge in [0.2, 0.25) is 11.8 Å². The van der Waals surface area contributed by atoms with E-state index in [-0.39, 0.29) is 30.8 Å². The molecule has 8 nitrogen and oxygen atoms in total. The molecule has 2 aromatic carbocycles. The summed E-state index contributed by atoms with van der Waals surface area (Å²) in [6, 6.07) is 9.63. The lowest BCUT2D eigenvalue weighted by Crippen LogP contribution is -2.41. The van der Waals surface area contributed by atoms with Gasteiger partial charge in [-0.05, 0) is 48.7 Å². The van der Waals surface area contributed by atoms with Crippen molar-refractivity contribution in [1.29, 1.82) is 0 Å². The number of imide groups is 1. The van der Waals surface area contributed by atoms with Crippen LogP contribution in [0.15, 0.2) is 42.6 Å². The molecule has 1 aliphatic heterocycles. The minimum Gasteiger partial charge on any atom is -0.494 e. The molecule has 1 aliphatic rings. The van der Waals surface area contributed by atoms with Crippen LogP contribution < -0.4 is 16.0 Å². The predicted molar refractivity (Wildman–Crippen MR) is 117 cm³/mol. The summed E-state index contributed by atoms with van der Waals surface area (Å²) in [5.74, 6) is -0.767. The number of hydrogen-bond acceptors (Lipinski definition) is 4. The Morgan fingerprint density at radius 2 is 2.06 bits per heavy atom. The number of rotatable bonds is 4. The molecule has 4 amide bonds. The van der Waals surface area contributed by atoms with Crippen molar-refractivity contribution < 1.29 is 19.5 Å². The third-order valence-corrected chi connectivity index (χ3v) is 5.56. The number of aryl methyl sites for hydroxylation is 1. The van der Waals surface area contributed by atoms with Gasteiger partial charge in [-0.1, -0.05) is 23.7 Å². The van der Waals surface area contributed by atoms with Crippen LogP contribution in [-0.4, -0.2) is 27.5 Å². The molecule has 1 fully saturated rings. The average molecular weight is 441 g/mol. The molecule has 9 heteroatoms. The van der Waals surface area contributed by atoms with Crippen molar-refractivity contribution >= 4 is 45.9 Å². The number of carbonyl (C=O) groups excluding carboxylic acids is 3. The van der Waals surface area contributed by atoms with Gasteiger partial charge >= 0.3 is 6.03 Å². The zero-order valence-electron chi connectivity index (χ0n) is 16.7. The fourth-order valence-corrected chi connectivity index (χ4v) is 3.82. The zero-order valence-corrected chi connectivity index (χ0v) is 17.5. The van der Waals surface area contributed by atoms with Crippen LogP contribution in [0.2, 0.25) is 5.02 Å². The number of anilines is 1. The molecule has 1 aromatic heterocycles. The van der Waals surface area contributed by atoms with Gasteiger partial charge in [-0.2, -0.15) is 0 Å². The molecule has 0 radical (unpaired) electrons. The van der Waals surface area contributed by atoms with Crippen LogP contribution in [0.25, 0.3) is 10.8 Å². The Bertz CT molecular complexity index is 1200. The smallest absolute Gasteiger partial charge is 0.319 e. The van der Waals surface area contributed by atoms with Crippen LogP contribution in [0, 0.1) is 6.92 Å². The second-order valence-corrected chi connectivity index (χ2v) is 7.95. The number of nitrogens with one attached hydrogen (secondary N) is 3. The molecule has 31 heavy (non-hydrogen) atoms. The molecule has 0 saturated carbocycles. The van der Waals surface area contributed by atoms with Gasteiger partial charge in [-0.15, -0.1) is 0 Å². The first kappa shape index (κ1) is 20.7. The summed E-state index contributed by atoms with van der Waals surface area (Å²) in [7, 11) is 0. The van der Waals surface area contributed by atoms with Gasteiger partial charge in [0.1, 0.15) is 6.04 Å². The Morgan fingerprint density at radius 3 is 2.84 bits per heavy atom. The minimum absolute atomic E-state index is 0.0295. The monoisotopic (exact) mass is 440 g/mol. The zero-order chi connectivity index (χ0) is 22.1. The van der Waals surface area contributed by atoms with Crippen LogP contribution in [-0.2, 0) is 16.1 Å². The van der Waals surface area contributed by atoms with Gasteiger partial charge in [-0.3, -0.25) is 14.9 Å². The number of carbonyl (C=O) groups is 3. The maximum Gasteiger partial charge on any atom is 0.319 e. The highest BCUT2D eigenvalue weighted by molar-refractivity contribution is 6.31. The lowest BCUT2D eigenvalue weighted by atomic mass is 10.1. The van der Waals surface area contributed by atoms with Crippen molar-refractivity contribution in [3.05, 3.63) is 58.7 Å². The van der Waals surface area contributed by atoms with Crippen LogP contribution in [0.1, 0.15) is 30.0 Å². The predicted octanol–water partition coefficient (Wildman–Crippen LogP) is 3.61. The topological polar surface area (TPSA) is 112 Å². The summed E-state index contributed by atoms with van der Waals surface area (Å²) < 4.78 is 1.48. The standard InChI is InChI=1S/C22H21ClN4O4/c1-12-2-4-15(23)9-17(12)25-22(31)24-10-13-3-5-16-14(8-13)11-27(21(16)30)18-6-7-19(28)26-20(18)29/h2-5,8-9,11,18,30H,6-7,10H2,1H3,(H2,24,25,31)(H,26,28,29). The molecule has 2 heterocycles. The maximum atomic E-state index is 12.3. The first-order valence-electron chi connectivity index (χ1n) is 9.79. The Balaban J connectivity index is 1.47. The van der Waals surface area contributed by atoms with Crippen LogP contribution in [0.5, 0.6) is 5.88 Å². The van der Waals surface area contributed by atoms with E-state index < -0.39 is 11.9 Å². The third-order valence-electron chi connectivity index (χ3n) is 5.33. The molecule has 0 spiro atoms. The second-order valence-electron chi connectivity index (χ2n) is 7.52. The summed E-state index contributed by atoms with van der Waals surface area (Å²) in [5, 5.41) is 20.3. The van der Waals surface area contributed by atoms with Crippen molar-refractivity contribution in [2.75, 3.05) is 5.32 Å². The third kappa shape index (κ3) is 4.34. The minimum atomic E-state index is -0.640. The Kier molecular flexibility index (Phi) is 5.56. The molecule has 4 N–H and O–H groups in total. The van der Waals surface area contributed by atoms with Crippen LogP contribution in [0.3, 0.4) is 0 Å². The number of aromatic hydroxyl groups is 1. The molecule has 1 saturated heterocycles. The van der Waals surface area contributed by atoms with Gasteiger partial charge in [-0.25, -0.2) is 4.79 Å². The van der Waals surface area contributed by atoms with E-state index in [1.54, 1.807) is 30.5 Å². The van der Waals surface area contributed by atoms with E-state index in [9.17, 15) is 19.5 Å². The lowest BCUT2D eigenvalue weighted by Gasteiger charge is -2.22. The normalized spacial score (nSPS) is 16.3. The van der Waals surface area contributed by atoms with Crippen LogP contribution >= 0.6 is 11.6 Å². The number of aromatic nitrogens is 1. The average Bonchev–Trinajstić information content (AvgIpc) is 3.05. The fourth-order valence-electron chi connectivity index (χ4n) is 3.65. The molecule has 1 unspecified atom stereocenters. The molecular weight excluding hydrogens is 420 g/mol. The quantitative estimate of drug-likeness (QED) is 0.464. The van der Waals surface area contributed by atoms with E-state index in [0.717, 1.165) is 16.5 Å². The lowest BCUT2D eigenvalue weighted by molar-refractivity contribution is -0.135. The van der Waals surface area contributed by atoms with E-state index in [1.165, 1.54) is 4.57 Å². The number of benzene rings is 2. The summed E-state index contributed by atoms with van der Waals surface area (Å²) >= 11 is 5.98. The van der Waals surface area contributed by atoms with E-state index in [2.05, 4.69) is 16.0 Å². The van der Waals surface area contributed by atoms with Gasteiger partial charge < -0.3 is 20.3 Å². The van der Waals surface area contributed by atoms with Gasteiger partial charge in [0.05, 0.1) is 0 Å². The Morgan fingerprint density at radius 1 is 1.26 bits per heavy atom. The fraction of sp³-hybridized carbons (Fsp3) is 0.227.